The second-order valence-electron chi connectivity index (χ2n) is 2.67. The zero-order chi connectivity index (χ0) is 8.55. The van der Waals surface area contributed by atoms with E-state index >= 15 is 0 Å². The molecule has 0 atom stereocenters. The number of nitrogens with two attached hydrogens (primary N) is 1. The molecular weight excluding hydrogens is 154 g/mol. The van der Waals surface area contributed by atoms with Crippen LogP contribution >= 0.6 is 0 Å². The van der Waals surface area contributed by atoms with Crippen LogP contribution in [0.15, 0.2) is 29.2 Å². The van der Waals surface area contributed by atoms with Crippen LogP contribution in [-0.4, -0.2) is 9.72 Å². The Morgan fingerprint density at radius 2 is 2.42 bits per heavy atom. The minimum atomic E-state index is 0.362. The Labute approximate surface area is 69.6 Å². The molecule has 0 saturated carbocycles. The molecule has 62 valence electrons. The first-order chi connectivity index (χ1) is 5.77. The number of aromatic nitrogens is 2. The Bertz CT molecular complexity index is 388. The van der Waals surface area contributed by atoms with Crippen molar-refractivity contribution in [1.29, 1.82) is 0 Å². The Hall–Kier alpha value is -1.71. The monoisotopic (exact) mass is 163 g/mol. The molecular formula is C8H9N3O. The van der Waals surface area contributed by atoms with Crippen LogP contribution in [0.5, 0.6) is 0 Å². The summed E-state index contributed by atoms with van der Waals surface area (Å²) in [6.07, 6.45) is 5.52. The molecule has 4 nitrogen and oxygen atoms in total. The van der Waals surface area contributed by atoms with E-state index in [1.807, 2.05) is 30.1 Å². The quantitative estimate of drug-likeness (QED) is 0.688. The molecule has 0 saturated heterocycles. The molecule has 2 aromatic heterocycles. The van der Waals surface area contributed by atoms with Crippen LogP contribution in [-0.2, 0) is 7.05 Å². The number of hydrogen-bond donors (Lipinski definition) is 1. The minimum absolute atomic E-state index is 0.362. The third-order valence-electron chi connectivity index (χ3n) is 1.74. The lowest BCUT2D eigenvalue weighted by Gasteiger charge is -1.90. The fourth-order valence-electron chi connectivity index (χ4n) is 1.13. The van der Waals surface area contributed by atoms with Crippen molar-refractivity contribution >= 4 is 5.88 Å². The van der Waals surface area contributed by atoms with Gasteiger partial charge in [-0.3, -0.25) is 0 Å². The predicted octanol–water partition coefficient (Wildman–Crippen LogP) is 1.26. The van der Waals surface area contributed by atoms with Gasteiger partial charge < -0.3 is 14.8 Å². The first-order valence-corrected chi connectivity index (χ1v) is 3.60. The van der Waals surface area contributed by atoms with Crippen LogP contribution in [0.4, 0.5) is 5.88 Å². The molecule has 2 heterocycles. The molecule has 2 N–H and O–H groups in total. The van der Waals surface area contributed by atoms with Gasteiger partial charge in [0.25, 0.3) is 0 Å². The number of nitrogens with zero attached hydrogens (tertiary/aromatic N) is 2. The van der Waals surface area contributed by atoms with Gasteiger partial charge in [-0.1, -0.05) is 5.16 Å². The summed E-state index contributed by atoms with van der Waals surface area (Å²) in [4.78, 5) is 0. The van der Waals surface area contributed by atoms with Crippen molar-refractivity contribution in [1.82, 2.24) is 9.72 Å². The van der Waals surface area contributed by atoms with E-state index in [2.05, 4.69) is 5.16 Å². The van der Waals surface area contributed by atoms with Crippen molar-refractivity contribution in [3.63, 3.8) is 0 Å². The van der Waals surface area contributed by atoms with E-state index in [-0.39, 0.29) is 0 Å². The van der Waals surface area contributed by atoms with Gasteiger partial charge in [-0.05, 0) is 6.07 Å². The smallest absolute Gasteiger partial charge is 0.230 e. The number of aryl methyl sites for hydroxylation is 1. The Balaban J connectivity index is 2.50. The highest BCUT2D eigenvalue weighted by Gasteiger charge is 2.06. The van der Waals surface area contributed by atoms with Gasteiger partial charge in [0.05, 0.1) is 11.8 Å². The molecule has 0 aromatic carbocycles. The second-order valence-corrected chi connectivity index (χ2v) is 2.67. The predicted molar refractivity (Wildman–Crippen MR) is 45.3 cm³/mol. The molecule has 0 unspecified atom stereocenters. The average Bonchev–Trinajstić information content (AvgIpc) is 2.58. The third-order valence-corrected chi connectivity index (χ3v) is 1.74. The molecule has 0 fully saturated rings. The van der Waals surface area contributed by atoms with E-state index in [1.165, 1.54) is 0 Å². The van der Waals surface area contributed by atoms with Crippen LogP contribution in [0.1, 0.15) is 0 Å². The Kier molecular flexibility index (Phi) is 1.40. The largest absolute Gasteiger partial charge is 0.367 e. The van der Waals surface area contributed by atoms with Gasteiger partial charge in [-0.25, -0.2) is 0 Å². The zero-order valence-electron chi connectivity index (χ0n) is 6.69. The molecule has 0 aliphatic carbocycles. The van der Waals surface area contributed by atoms with Crippen LogP contribution < -0.4 is 5.73 Å². The maximum atomic E-state index is 5.54. The second kappa shape index (κ2) is 2.41. The summed E-state index contributed by atoms with van der Waals surface area (Å²) in [6, 6.07) is 1.96. The van der Waals surface area contributed by atoms with E-state index in [9.17, 15) is 0 Å². The van der Waals surface area contributed by atoms with Crippen LogP contribution in [0.3, 0.4) is 0 Å². The fourth-order valence-corrected chi connectivity index (χ4v) is 1.13. The Morgan fingerprint density at radius 1 is 1.58 bits per heavy atom. The Morgan fingerprint density at radius 3 is 2.92 bits per heavy atom. The SMILES string of the molecule is Cn1ccc(-c2cnoc2N)c1. The van der Waals surface area contributed by atoms with E-state index in [4.69, 9.17) is 10.3 Å². The van der Waals surface area contributed by atoms with Gasteiger partial charge in [-0.2, -0.15) is 0 Å². The van der Waals surface area contributed by atoms with Crippen molar-refractivity contribution in [2.75, 3.05) is 5.73 Å². The molecule has 4 heteroatoms. The number of anilines is 1. The van der Waals surface area contributed by atoms with E-state index < -0.39 is 0 Å². The van der Waals surface area contributed by atoms with Gasteiger partial charge in [0.1, 0.15) is 0 Å². The molecule has 0 amide bonds. The molecule has 0 aliphatic heterocycles. The lowest BCUT2D eigenvalue weighted by molar-refractivity contribution is 0.436. The first-order valence-electron chi connectivity index (χ1n) is 3.60. The van der Waals surface area contributed by atoms with Gasteiger partial charge >= 0.3 is 0 Å². The lowest BCUT2D eigenvalue weighted by Crippen LogP contribution is -1.83. The summed E-state index contributed by atoms with van der Waals surface area (Å²) < 4.78 is 6.69. The summed E-state index contributed by atoms with van der Waals surface area (Å²) in [5.74, 6) is 0.362. The van der Waals surface area contributed by atoms with Gasteiger partial charge in [-0.15, -0.1) is 0 Å². The topological polar surface area (TPSA) is 57.0 Å². The normalized spacial score (nSPS) is 10.4. The van der Waals surface area contributed by atoms with Gasteiger partial charge in [0, 0.05) is 25.0 Å². The molecule has 12 heavy (non-hydrogen) atoms. The van der Waals surface area contributed by atoms with Gasteiger partial charge in [0.15, 0.2) is 0 Å². The van der Waals surface area contributed by atoms with Crippen molar-refractivity contribution in [2.24, 2.45) is 7.05 Å². The number of hydrogen-bond acceptors (Lipinski definition) is 3. The van der Waals surface area contributed by atoms with Crippen LogP contribution in [0.2, 0.25) is 0 Å². The number of rotatable bonds is 1. The summed E-state index contributed by atoms with van der Waals surface area (Å²) in [5, 5.41) is 3.60. The molecule has 0 bridgehead atoms. The fraction of sp³-hybridized carbons (Fsp3) is 0.125. The molecule has 2 aromatic rings. The van der Waals surface area contributed by atoms with Crippen molar-refractivity contribution in [3.05, 3.63) is 24.7 Å². The highest BCUT2D eigenvalue weighted by Crippen LogP contribution is 2.24. The van der Waals surface area contributed by atoms with Gasteiger partial charge in [0.2, 0.25) is 5.88 Å². The summed E-state index contributed by atoms with van der Waals surface area (Å²) in [6.45, 7) is 0. The average molecular weight is 163 g/mol. The maximum Gasteiger partial charge on any atom is 0.230 e. The first kappa shape index (κ1) is 6.97. The molecule has 0 spiro atoms. The molecule has 0 radical (unpaired) electrons. The lowest BCUT2D eigenvalue weighted by atomic mass is 10.2. The molecule has 2 rings (SSSR count). The highest BCUT2D eigenvalue weighted by molar-refractivity contribution is 5.71. The van der Waals surface area contributed by atoms with Crippen LogP contribution in [0, 0.1) is 0 Å². The van der Waals surface area contributed by atoms with Crippen molar-refractivity contribution in [3.8, 4) is 11.1 Å². The summed E-state index contributed by atoms with van der Waals surface area (Å²) in [5.41, 5.74) is 7.41. The van der Waals surface area contributed by atoms with E-state index in [0.29, 0.717) is 5.88 Å². The third kappa shape index (κ3) is 0.972. The van der Waals surface area contributed by atoms with Crippen LogP contribution in [0.25, 0.3) is 11.1 Å². The summed E-state index contributed by atoms with van der Waals surface area (Å²) >= 11 is 0. The maximum absolute atomic E-state index is 5.54. The molecule has 0 aliphatic rings. The summed E-state index contributed by atoms with van der Waals surface area (Å²) in [7, 11) is 1.95. The van der Waals surface area contributed by atoms with E-state index in [1.54, 1.807) is 6.20 Å². The number of nitrogen functional groups attached to an aromatic ring is 1. The highest BCUT2D eigenvalue weighted by atomic mass is 16.5. The van der Waals surface area contributed by atoms with Crippen molar-refractivity contribution in [2.45, 2.75) is 0 Å². The standard InChI is InChI=1S/C8H9N3O/c1-11-3-2-6(5-11)7-4-10-12-8(7)9/h2-5H,9H2,1H3. The zero-order valence-corrected chi connectivity index (χ0v) is 6.69. The minimum Gasteiger partial charge on any atom is -0.367 e. The van der Waals surface area contributed by atoms with Crippen molar-refractivity contribution < 1.29 is 4.52 Å². The van der Waals surface area contributed by atoms with E-state index in [0.717, 1.165) is 11.1 Å².